The van der Waals surface area contributed by atoms with Gasteiger partial charge in [-0.1, -0.05) is 6.07 Å². The number of fused-ring (bicyclic) bond motifs is 1. The highest BCUT2D eigenvalue weighted by molar-refractivity contribution is 6.06. The van der Waals surface area contributed by atoms with Gasteiger partial charge in [-0.25, -0.2) is 14.8 Å². The van der Waals surface area contributed by atoms with Crippen molar-refractivity contribution in [3.05, 3.63) is 36.2 Å². The number of aromatic hydroxyl groups is 1. The molecule has 0 saturated carbocycles. The summed E-state index contributed by atoms with van der Waals surface area (Å²) in [5.41, 5.74) is -0.114. The average Bonchev–Trinajstić information content (AvgIpc) is 3.31. The molecule has 0 aliphatic heterocycles. The lowest BCUT2D eigenvalue weighted by molar-refractivity contribution is -0.165. The summed E-state index contributed by atoms with van der Waals surface area (Å²) in [6.07, 6.45) is 3.20. The number of aromatic amines is 1. The Morgan fingerprint density at radius 1 is 1.00 bits per heavy atom. The lowest BCUT2D eigenvalue weighted by atomic mass is 10.1. The lowest BCUT2D eigenvalue weighted by Gasteiger charge is -2.31. The van der Waals surface area contributed by atoms with Crippen LogP contribution < -0.4 is 10.1 Å². The molecule has 0 aliphatic carbocycles. The topological polar surface area (TPSA) is 164 Å². The van der Waals surface area contributed by atoms with Gasteiger partial charge in [-0.15, -0.1) is 0 Å². The van der Waals surface area contributed by atoms with Gasteiger partial charge in [0, 0.05) is 39.0 Å². The molecule has 0 aliphatic rings. The van der Waals surface area contributed by atoms with E-state index in [1.54, 1.807) is 19.3 Å². The third kappa shape index (κ3) is 13.1. The molecule has 14 nitrogen and oxygen atoms in total. The number of aliphatic imine (C=N–C) groups is 1. The molecule has 2 aromatic heterocycles. The second-order valence-corrected chi connectivity index (χ2v) is 15.1. The fourth-order valence-corrected chi connectivity index (χ4v) is 4.58. The van der Waals surface area contributed by atoms with Gasteiger partial charge in [0.25, 0.3) is 0 Å². The van der Waals surface area contributed by atoms with E-state index in [9.17, 15) is 14.7 Å². The van der Waals surface area contributed by atoms with E-state index in [4.69, 9.17) is 18.9 Å². The fourth-order valence-electron chi connectivity index (χ4n) is 4.58. The number of likely N-dealkylation sites (N-methyl/N-ethyl adjacent to an activating group) is 1. The van der Waals surface area contributed by atoms with Gasteiger partial charge in [0.15, 0.2) is 5.88 Å². The number of benzene rings is 1. The van der Waals surface area contributed by atoms with Crippen LogP contribution in [0.2, 0.25) is 0 Å². The summed E-state index contributed by atoms with van der Waals surface area (Å²) in [5.74, 6) is 0.669. The molecule has 1 aromatic carbocycles. The zero-order valence-corrected chi connectivity index (χ0v) is 31.4. The second kappa shape index (κ2) is 17.0. The van der Waals surface area contributed by atoms with Gasteiger partial charge < -0.3 is 39.3 Å². The Labute approximate surface area is 295 Å². The molecule has 0 saturated heterocycles. The summed E-state index contributed by atoms with van der Waals surface area (Å²) in [5, 5.41) is 14.6. The number of aromatic nitrogens is 3. The normalized spacial score (nSPS) is 13.1. The van der Waals surface area contributed by atoms with Gasteiger partial charge in [0.1, 0.15) is 47.4 Å². The number of H-pyrrole nitrogens is 1. The van der Waals surface area contributed by atoms with E-state index in [2.05, 4.69) is 25.3 Å². The number of hydrogen-bond acceptors (Lipinski definition) is 12. The number of hydrogen-bond donors (Lipinski definition) is 3. The Hall–Kier alpha value is -4.43. The maximum atomic E-state index is 13.0. The van der Waals surface area contributed by atoms with Crippen molar-refractivity contribution in [2.45, 2.75) is 91.6 Å². The summed E-state index contributed by atoms with van der Waals surface area (Å²) in [6.45, 7) is 18.8. The quantitative estimate of drug-likeness (QED) is 0.0981. The summed E-state index contributed by atoms with van der Waals surface area (Å²) >= 11 is 0. The summed E-state index contributed by atoms with van der Waals surface area (Å²) in [4.78, 5) is 44.8. The molecule has 0 spiro atoms. The van der Waals surface area contributed by atoms with Crippen molar-refractivity contribution in [2.24, 2.45) is 4.99 Å². The van der Waals surface area contributed by atoms with Crippen LogP contribution in [0.5, 0.6) is 11.6 Å². The SMILES string of the molecule is CN(CCCNc1ncnc2[nH]c(O)c(C=Nc3cccc(OCCN(C)[C@@H](COC(C)(C)C)C(=O)OC(C)(C)C)c3)c12)C(=O)OC(C)(C)C. The molecule has 0 radical (unpaired) electrons. The number of nitrogens with one attached hydrogen (secondary N) is 2. The Bertz CT molecular complexity index is 1600. The highest BCUT2D eigenvalue weighted by Crippen LogP contribution is 2.30. The van der Waals surface area contributed by atoms with Crippen LogP contribution in [-0.4, -0.2) is 118 Å². The van der Waals surface area contributed by atoms with Crippen LogP contribution in [-0.2, 0) is 19.0 Å². The highest BCUT2D eigenvalue weighted by Gasteiger charge is 2.30. The molecule has 1 amide bonds. The van der Waals surface area contributed by atoms with E-state index < -0.39 is 22.8 Å². The minimum Gasteiger partial charge on any atom is -0.494 e. The monoisotopic (exact) mass is 697 g/mol. The van der Waals surface area contributed by atoms with Gasteiger partial charge in [-0.05, 0) is 87.9 Å². The van der Waals surface area contributed by atoms with Crippen LogP contribution in [0.25, 0.3) is 11.0 Å². The van der Waals surface area contributed by atoms with Crippen LogP contribution in [0, 0.1) is 0 Å². The maximum Gasteiger partial charge on any atom is 0.410 e. The number of carbonyl (C=O) groups excluding carboxylic acids is 2. The molecule has 14 heteroatoms. The molecule has 3 aromatic rings. The number of nitrogens with zero attached hydrogens (tertiary/aromatic N) is 5. The first-order valence-electron chi connectivity index (χ1n) is 16.8. The third-order valence-electron chi connectivity index (χ3n) is 7.03. The van der Waals surface area contributed by atoms with Crippen LogP contribution in [0.4, 0.5) is 16.3 Å². The molecule has 3 N–H and O–H groups in total. The Balaban J connectivity index is 1.64. The number of rotatable bonds is 15. The first kappa shape index (κ1) is 40.0. The molecule has 2 heterocycles. The van der Waals surface area contributed by atoms with Gasteiger partial charge in [-0.2, -0.15) is 0 Å². The van der Waals surface area contributed by atoms with E-state index in [0.29, 0.717) is 66.5 Å². The van der Waals surface area contributed by atoms with Gasteiger partial charge >= 0.3 is 12.1 Å². The molecule has 276 valence electrons. The summed E-state index contributed by atoms with van der Waals surface area (Å²) in [6, 6.07) is 6.66. The van der Waals surface area contributed by atoms with Crippen LogP contribution in [0.1, 0.15) is 74.3 Å². The molecule has 0 unspecified atom stereocenters. The standard InChI is InChI=1S/C36H55N7O7/c1-34(2,3)48-22-27(32(45)49-35(4,5)6)42(10)18-19-47-25-15-12-14-24(20-25)38-21-26-28-29(39-23-40-30(28)41-31(26)44)37-16-13-17-43(11)33(46)50-36(7,8)9/h12,14-15,20-21,23,27,44H,13,16-19,22H2,1-11H3,(H2,37,39,40,41)/t27-/m0/s1. The largest absolute Gasteiger partial charge is 0.494 e. The Morgan fingerprint density at radius 2 is 1.70 bits per heavy atom. The van der Waals surface area contributed by atoms with Gasteiger partial charge in [0.05, 0.1) is 28.8 Å². The number of esters is 1. The molecule has 1 atom stereocenters. The molecule has 0 fully saturated rings. The van der Waals surface area contributed by atoms with Gasteiger partial charge in [-0.3, -0.25) is 14.7 Å². The number of amides is 1. The molecule has 0 bridgehead atoms. The van der Waals surface area contributed by atoms with E-state index in [1.165, 1.54) is 11.2 Å². The van der Waals surface area contributed by atoms with Crippen molar-refractivity contribution in [3.8, 4) is 11.6 Å². The summed E-state index contributed by atoms with van der Waals surface area (Å²) in [7, 11) is 3.54. The van der Waals surface area contributed by atoms with E-state index >= 15 is 0 Å². The van der Waals surface area contributed by atoms with E-state index in [1.807, 2.05) is 92.5 Å². The highest BCUT2D eigenvalue weighted by atomic mass is 16.6. The minimum atomic E-state index is -0.619. The first-order chi connectivity index (χ1) is 23.2. The summed E-state index contributed by atoms with van der Waals surface area (Å²) < 4.78 is 23.0. The number of anilines is 1. The Morgan fingerprint density at radius 3 is 2.36 bits per heavy atom. The van der Waals surface area contributed by atoms with Crippen molar-refractivity contribution >= 4 is 40.8 Å². The van der Waals surface area contributed by atoms with Crippen LogP contribution in [0.3, 0.4) is 0 Å². The van der Waals surface area contributed by atoms with Crippen LogP contribution >= 0.6 is 0 Å². The number of carbonyl (C=O) groups is 2. The zero-order valence-electron chi connectivity index (χ0n) is 31.4. The van der Waals surface area contributed by atoms with Crippen molar-refractivity contribution in [1.29, 1.82) is 0 Å². The van der Waals surface area contributed by atoms with Gasteiger partial charge in [0.2, 0.25) is 0 Å². The van der Waals surface area contributed by atoms with Crippen molar-refractivity contribution in [3.63, 3.8) is 0 Å². The lowest BCUT2D eigenvalue weighted by Crippen LogP contribution is -2.47. The van der Waals surface area contributed by atoms with E-state index in [0.717, 1.165) is 0 Å². The maximum absolute atomic E-state index is 13.0. The smallest absolute Gasteiger partial charge is 0.410 e. The fraction of sp³-hybridized carbons (Fsp3) is 0.583. The average molecular weight is 698 g/mol. The molecular weight excluding hydrogens is 642 g/mol. The minimum absolute atomic E-state index is 0.0950. The van der Waals surface area contributed by atoms with Crippen molar-refractivity contribution in [2.75, 3.05) is 52.3 Å². The zero-order chi connectivity index (χ0) is 37.3. The van der Waals surface area contributed by atoms with Crippen LogP contribution in [0.15, 0.2) is 35.6 Å². The Kier molecular flexibility index (Phi) is 13.6. The predicted molar refractivity (Wildman–Crippen MR) is 195 cm³/mol. The number of ether oxygens (including phenoxy) is 4. The third-order valence-corrected chi connectivity index (χ3v) is 7.03. The van der Waals surface area contributed by atoms with E-state index in [-0.39, 0.29) is 24.5 Å². The van der Waals surface area contributed by atoms with Crippen molar-refractivity contribution in [1.82, 2.24) is 24.8 Å². The van der Waals surface area contributed by atoms with Crippen molar-refractivity contribution < 1.29 is 33.6 Å². The predicted octanol–water partition coefficient (Wildman–Crippen LogP) is 5.92. The molecule has 3 rings (SSSR count). The molecule has 50 heavy (non-hydrogen) atoms. The first-order valence-corrected chi connectivity index (χ1v) is 16.8. The second-order valence-electron chi connectivity index (χ2n) is 15.1. The molecular formula is C36H55N7O7.